The second kappa shape index (κ2) is 17.7. The lowest BCUT2D eigenvalue weighted by molar-refractivity contribution is -0.134. The second-order valence-electron chi connectivity index (χ2n) is 17.3. The van der Waals surface area contributed by atoms with Crippen LogP contribution in [0.1, 0.15) is 101 Å². The Bertz CT molecular complexity index is 2390. The lowest BCUT2D eigenvalue weighted by Crippen LogP contribution is -2.34. The average molecular weight is 819 g/mol. The molecule has 3 fully saturated rings. The van der Waals surface area contributed by atoms with Crippen molar-refractivity contribution >= 4 is 45.8 Å². The molecule has 4 amide bonds. The number of rotatable bonds is 8. The number of hydrogen-bond donors (Lipinski definition) is 4. The molecule has 4 unspecified atom stereocenters. The molecule has 0 bridgehead atoms. The van der Waals surface area contributed by atoms with Crippen LogP contribution in [-0.2, 0) is 31.9 Å². The minimum atomic E-state index is -0.745. The summed E-state index contributed by atoms with van der Waals surface area (Å²) in [6.45, 7) is 10.1. The van der Waals surface area contributed by atoms with Crippen LogP contribution in [0.3, 0.4) is 0 Å². The monoisotopic (exact) mass is 818 g/mol. The van der Waals surface area contributed by atoms with Crippen molar-refractivity contribution in [2.75, 3.05) is 27.3 Å². The van der Waals surface area contributed by atoms with Crippen LogP contribution in [0, 0.1) is 23.7 Å². The fraction of sp³-hybridized carbons (Fsp3) is 0.478. The number of amides is 4. The van der Waals surface area contributed by atoms with Crippen LogP contribution in [0.5, 0.6) is 0 Å². The Morgan fingerprint density at radius 2 is 1.47 bits per heavy atom. The second-order valence-corrected chi connectivity index (χ2v) is 17.3. The first kappa shape index (κ1) is 42.2. The largest absolute Gasteiger partial charge is 0.453 e. The number of fused-ring (bicyclic) bond motifs is 5. The third kappa shape index (κ3) is 8.83. The molecule has 318 valence electrons. The summed E-state index contributed by atoms with van der Waals surface area (Å²) in [4.78, 5) is 66.3. The number of hydrogen-bond acceptors (Lipinski definition) is 8. The van der Waals surface area contributed by atoms with Gasteiger partial charge in [0.1, 0.15) is 11.6 Å². The highest BCUT2D eigenvalue weighted by Crippen LogP contribution is 2.56. The van der Waals surface area contributed by atoms with Crippen molar-refractivity contribution < 1.29 is 28.7 Å². The molecule has 2 aliphatic heterocycles. The standard InChI is InChI=1S/C42H48N6O2.2C2H5NO2/c1-23(2)17-37(49)47-16-6-9-36(47)41-44-34-15-11-26-19-25(10-12-29(26)39(34)46-41)28-13-14-32(31-8-5-7-30(28)31)35-21-43-42(45-35)40-33-20-27(33)22-48(40)38(50)18-24(3)4;2*1-5-2(3)4/h10-15,19,21,23-24,27,33,36,40H,5-9,16-18,20,22H2,1-4H3,(H,43,45)(H,44,46);2*1H3,(H2,3,4). The Labute approximate surface area is 350 Å². The number of nitrogens with zero attached hydrogens (tertiary/aromatic N) is 4. The van der Waals surface area contributed by atoms with E-state index in [1.807, 2.05) is 11.1 Å². The molecule has 3 aromatic carbocycles. The van der Waals surface area contributed by atoms with E-state index in [9.17, 15) is 19.2 Å². The minimum Gasteiger partial charge on any atom is -0.453 e. The van der Waals surface area contributed by atoms with E-state index in [1.54, 1.807) is 0 Å². The zero-order chi connectivity index (χ0) is 42.8. The van der Waals surface area contributed by atoms with Crippen molar-refractivity contribution in [3.63, 3.8) is 0 Å². The van der Waals surface area contributed by atoms with Gasteiger partial charge in [-0.25, -0.2) is 19.6 Å². The number of methoxy groups -OCH3 is 2. The zero-order valence-electron chi connectivity index (χ0n) is 35.5. The number of aromatic amines is 2. The topological polar surface area (TPSA) is 203 Å². The van der Waals surface area contributed by atoms with E-state index in [0.29, 0.717) is 36.5 Å². The predicted octanol–water partition coefficient (Wildman–Crippen LogP) is 7.96. The number of aromatic nitrogens is 4. The molecule has 2 saturated heterocycles. The molecule has 0 radical (unpaired) electrons. The molecular weight excluding hydrogens is 761 g/mol. The summed E-state index contributed by atoms with van der Waals surface area (Å²) < 4.78 is 7.78. The summed E-state index contributed by atoms with van der Waals surface area (Å²) in [7, 11) is 2.45. The fourth-order valence-electron chi connectivity index (χ4n) is 9.35. The van der Waals surface area contributed by atoms with Crippen molar-refractivity contribution in [1.29, 1.82) is 0 Å². The van der Waals surface area contributed by atoms with E-state index in [2.05, 4.69) is 106 Å². The van der Waals surface area contributed by atoms with Crippen LogP contribution >= 0.6 is 0 Å². The summed E-state index contributed by atoms with van der Waals surface area (Å²) in [6, 6.07) is 15.8. The first-order valence-electron chi connectivity index (χ1n) is 21.2. The van der Waals surface area contributed by atoms with Gasteiger partial charge in [0.15, 0.2) is 0 Å². The number of H-pyrrole nitrogens is 2. The van der Waals surface area contributed by atoms with Gasteiger partial charge < -0.3 is 40.7 Å². The molecule has 60 heavy (non-hydrogen) atoms. The van der Waals surface area contributed by atoms with Gasteiger partial charge in [0, 0.05) is 36.9 Å². The predicted molar refractivity (Wildman–Crippen MR) is 230 cm³/mol. The Kier molecular flexibility index (Phi) is 12.5. The van der Waals surface area contributed by atoms with Gasteiger partial charge >= 0.3 is 12.2 Å². The lowest BCUT2D eigenvalue weighted by Gasteiger charge is -2.27. The molecule has 4 heterocycles. The summed E-state index contributed by atoms with van der Waals surface area (Å²) >= 11 is 0. The van der Waals surface area contributed by atoms with Crippen molar-refractivity contribution in [2.45, 2.75) is 91.1 Å². The smallest absolute Gasteiger partial charge is 0.404 e. The van der Waals surface area contributed by atoms with Crippen molar-refractivity contribution in [1.82, 2.24) is 29.7 Å². The number of nitrogens with one attached hydrogen (secondary N) is 2. The summed E-state index contributed by atoms with van der Waals surface area (Å²) in [5, 5.41) is 2.31. The van der Waals surface area contributed by atoms with Crippen molar-refractivity contribution in [3.05, 3.63) is 71.4 Å². The molecule has 4 atom stereocenters. The van der Waals surface area contributed by atoms with E-state index in [0.717, 1.165) is 79.0 Å². The minimum absolute atomic E-state index is 0.0186. The molecule has 2 aromatic heterocycles. The number of benzene rings is 3. The normalized spacial score (nSPS) is 20.1. The van der Waals surface area contributed by atoms with Gasteiger partial charge in [-0.05, 0) is 102 Å². The van der Waals surface area contributed by atoms with Gasteiger partial charge in [-0.2, -0.15) is 0 Å². The molecule has 1 saturated carbocycles. The van der Waals surface area contributed by atoms with E-state index in [4.69, 9.17) is 9.97 Å². The maximum atomic E-state index is 13.1. The van der Waals surface area contributed by atoms with Crippen LogP contribution < -0.4 is 11.5 Å². The zero-order valence-corrected chi connectivity index (χ0v) is 35.5. The van der Waals surface area contributed by atoms with Gasteiger partial charge in [0.25, 0.3) is 0 Å². The molecular formula is C46H58N8O6. The molecule has 14 nitrogen and oxygen atoms in total. The third-order valence-corrected chi connectivity index (χ3v) is 12.2. The van der Waals surface area contributed by atoms with Crippen LogP contribution in [0.25, 0.3) is 44.2 Å². The summed E-state index contributed by atoms with van der Waals surface area (Å²) in [5.41, 5.74) is 18.6. The number of carbonyl (C=O) groups excluding carboxylic acids is 4. The van der Waals surface area contributed by atoms with E-state index in [-0.39, 0.29) is 23.9 Å². The highest BCUT2D eigenvalue weighted by atomic mass is 16.5. The Hall–Kier alpha value is -5.92. The average Bonchev–Trinajstić information content (AvgIpc) is 3.89. The first-order chi connectivity index (χ1) is 28.8. The van der Waals surface area contributed by atoms with Crippen LogP contribution in [0.2, 0.25) is 0 Å². The lowest BCUT2D eigenvalue weighted by atomic mass is 9.91. The SMILES string of the molecule is CC(C)CC(=O)N1CCCC1c1nc2c(ccc3cc(-c4ccc(-c5cnc(C6C7CC7CN6C(=O)CC(C)C)[nH]5)c5c4CCC5)ccc32)[nH]1.COC(N)=O.COC(N)=O. The van der Waals surface area contributed by atoms with Crippen molar-refractivity contribution in [2.24, 2.45) is 35.1 Å². The van der Waals surface area contributed by atoms with E-state index >= 15 is 0 Å². The summed E-state index contributed by atoms with van der Waals surface area (Å²) in [5.74, 6) is 4.22. The number of nitrogens with two attached hydrogens (primary N) is 2. The summed E-state index contributed by atoms with van der Waals surface area (Å²) in [6.07, 6.45) is 8.12. The number of likely N-dealkylation sites (tertiary alicyclic amines) is 2. The molecule has 6 N–H and O–H groups in total. The van der Waals surface area contributed by atoms with E-state index < -0.39 is 12.2 Å². The molecule has 5 aromatic rings. The molecule has 2 aliphatic carbocycles. The third-order valence-electron chi connectivity index (χ3n) is 12.2. The Balaban J connectivity index is 0.000000490. The highest BCUT2D eigenvalue weighted by Gasteiger charge is 2.55. The highest BCUT2D eigenvalue weighted by molar-refractivity contribution is 6.05. The number of carbonyl (C=O) groups is 4. The van der Waals surface area contributed by atoms with Gasteiger partial charge in [-0.1, -0.05) is 58.0 Å². The molecule has 14 heteroatoms. The van der Waals surface area contributed by atoms with Crippen molar-refractivity contribution in [3.8, 4) is 22.4 Å². The Morgan fingerprint density at radius 3 is 2.13 bits per heavy atom. The molecule has 0 spiro atoms. The van der Waals surface area contributed by atoms with Gasteiger partial charge in [0.2, 0.25) is 11.8 Å². The number of primary amides is 2. The molecule has 4 aliphatic rings. The Morgan fingerprint density at radius 1 is 0.817 bits per heavy atom. The molecule has 9 rings (SSSR count). The number of imidazole rings is 2. The van der Waals surface area contributed by atoms with Gasteiger partial charge in [0.05, 0.1) is 49.2 Å². The van der Waals surface area contributed by atoms with Gasteiger partial charge in [-0.15, -0.1) is 0 Å². The maximum absolute atomic E-state index is 13.1. The fourth-order valence-corrected chi connectivity index (χ4v) is 9.35. The van der Waals surface area contributed by atoms with E-state index in [1.165, 1.54) is 53.8 Å². The maximum Gasteiger partial charge on any atom is 0.404 e. The number of piperidine rings is 1. The van der Waals surface area contributed by atoms with Gasteiger partial charge in [-0.3, -0.25) is 9.59 Å². The van der Waals surface area contributed by atoms with Crippen LogP contribution in [-0.4, -0.2) is 81.0 Å². The van der Waals surface area contributed by atoms with Crippen LogP contribution in [0.4, 0.5) is 9.59 Å². The van der Waals surface area contributed by atoms with Crippen LogP contribution in [0.15, 0.2) is 48.7 Å². The first-order valence-corrected chi connectivity index (χ1v) is 21.2. The quantitative estimate of drug-likeness (QED) is 0.121. The number of ether oxygens (including phenoxy) is 2.